The number of halogens is 1. The van der Waals surface area contributed by atoms with Crippen LogP contribution in [0.15, 0.2) is 6.20 Å². The first kappa shape index (κ1) is 12.7. The number of nitrogens with zero attached hydrogens (tertiary/aromatic N) is 3. The molecule has 2 rings (SSSR count). The summed E-state index contributed by atoms with van der Waals surface area (Å²) in [7, 11) is 0. The summed E-state index contributed by atoms with van der Waals surface area (Å²) in [4.78, 5) is 20.0. The minimum absolute atomic E-state index is 0.0110. The second-order valence-corrected chi connectivity index (χ2v) is 4.49. The van der Waals surface area contributed by atoms with Gasteiger partial charge in [0.15, 0.2) is 5.82 Å². The molecule has 0 unspecified atom stereocenters. The van der Waals surface area contributed by atoms with Gasteiger partial charge in [0.1, 0.15) is 0 Å². The van der Waals surface area contributed by atoms with E-state index in [4.69, 9.17) is 22.4 Å². The molecule has 0 aromatic carbocycles. The van der Waals surface area contributed by atoms with Crippen LogP contribution in [0, 0.1) is 0 Å². The maximum absolute atomic E-state index is 10.9. The number of hydrogen-bond acceptors (Lipinski definition) is 5. The topological polar surface area (TPSA) is 104 Å². The number of anilines is 2. The lowest BCUT2D eigenvalue weighted by atomic mass is 10.1. The van der Waals surface area contributed by atoms with Gasteiger partial charge in [0.25, 0.3) is 0 Å². The summed E-state index contributed by atoms with van der Waals surface area (Å²) in [6.07, 6.45) is 2.19. The zero-order valence-electron chi connectivity index (χ0n) is 9.64. The average molecular weight is 272 g/mol. The van der Waals surface area contributed by atoms with Crippen LogP contribution >= 0.6 is 11.6 Å². The van der Waals surface area contributed by atoms with Crippen molar-refractivity contribution in [1.82, 2.24) is 14.9 Å². The molecular formula is C10H14ClN5O2. The maximum atomic E-state index is 10.9. The molecule has 2 heterocycles. The van der Waals surface area contributed by atoms with Crippen LogP contribution in [-0.2, 0) is 0 Å². The highest BCUT2D eigenvalue weighted by Crippen LogP contribution is 2.20. The van der Waals surface area contributed by atoms with Gasteiger partial charge in [-0.3, -0.25) is 0 Å². The van der Waals surface area contributed by atoms with Crippen LogP contribution in [0.2, 0.25) is 5.28 Å². The largest absolute Gasteiger partial charge is 0.465 e. The van der Waals surface area contributed by atoms with Crippen molar-refractivity contribution in [3.63, 3.8) is 0 Å². The molecule has 7 nitrogen and oxygen atoms in total. The molecule has 18 heavy (non-hydrogen) atoms. The van der Waals surface area contributed by atoms with Gasteiger partial charge in [-0.1, -0.05) is 0 Å². The lowest BCUT2D eigenvalue weighted by Crippen LogP contribution is -2.44. The number of nitrogens with two attached hydrogens (primary N) is 1. The fourth-order valence-corrected chi connectivity index (χ4v) is 2.08. The number of likely N-dealkylation sites (tertiary alicyclic amines) is 1. The van der Waals surface area contributed by atoms with Gasteiger partial charge in [0.05, 0.1) is 11.9 Å². The van der Waals surface area contributed by atoms with Crippen molar-refractivity contribution < 1.29 is 9.90 Å². The fourth-order valence-electron chi connectivity index (χ4n) is 1.95. The van der Waals surface area contributed by atoms with E-state index in [1.54, 1.807) is 0 Å². The number of carbonyl (C=O) groups is 1. The van der Waals surface area contributed by atoms with Crippen LogP contribution in [0.5, 0.6) is 0 Å². The van der Waals surface area contributed by atoms with Gasteiger partial charge in [-0.15, -0.1) is 0 Å². The molecule has 1 aromatic heterocycles. The second kappa shape index (κ2) is 5.26. The Bertz CT molecular complexity index is 456. The maximum Gasteiger partial charge on any atom is 0.407 e. The van der Waals surface area contributed by atoms with Gasteiger partial charge in [-0.05, 0) is 24.4 Å². The Morgan fingerprint density at radius 1 is 1.67 bits per heavy atom. The molecule has 0 bridgehead atoms. The average Bonchev–Trinajstić information content (AvgIpc) is 2.34. The number of amides is 1. The van der Waals surface area contributed by atoms with Gasteiger partial charge in [-0.25, -0.2) is 9.78 Å². The molecule has 0 radical (unpaired) electrons. The summed E-state index contributed by atoms with van der Waals surface area (Å²) in [6, 6.07) is -0.0110. The normalized spacial score (nSPS) is 19.6. The monoisotopic (exact) mass is 271 g/mol. The van der Waals surface area contributed by atoms with Crippen molar-refractivity contribution in [2.45, 2.75) is 18.9 Å². The summed E-state index contributed by atoms with van der Waals surface area (Å²) in [5, 5.41) is 12.2. The number of nitrogens with one attached hydrogen (secondary N) is 1. The first-order valence-corrected chi connectivity index (χ1v) is 5.96. The van der Waals surface area contributed by atoms with Crippen LogP contribution < -0.4 is 11.1 Å². The summed E-state index contributed by atoms with van der Waals surface area (Å²) in [5.41, 5.74) is 6.12. The van der Waals surface area contributed by atoms with Crippen molar-refractivity contribution in [2.24, 2.45) is 0 Å². The Labute approximate surface area is 109 Å². The summed E-state index contributed by atoms with van der Waals surface area (Å²) in [6.45, 7) is 0.976. The fraction of sp³-hybridized carbons (Fsp3) is 0.500. The molecular weight excluding hydrogens is 258 g/mol. The van der Waals surface area contributed by atoms with Gasteiger partial charge in [-0.2, -0.15) is 4.98 Å². The van der Waals surface area contributed by atoms with Crippen LogP contribution in [0.25, 0.3) is 0 Å². The standard InChI is InChI=1S/C10H14ClN5O2/c11-9-13-4-7(12)8(15-9)14-6-2-1-3-16(5-6)10(17)18/h4,6H,1-3,5,12H2,(H,17,18)(H,13,14,15)/t6-/m1/s1. The third-order valence-electron chi connectivity index (χ3n) is 2.82. The molecule has 0 spiro atoms. The highest BCUT2D eigenvalue weighted by atomic mass is 35.5. The van der Waals surface area contributed by atoms with Crippen molar-refractivity contribution in [1.29, 1.82) is 0 Å². The molecule has 1 fully saturated rings. The Morgan fingerprint density at radius 2 is 2.44 bits per heavy atom. The Kier molecular flexibility index (Phi) is 3.71. The molecule has 4 N–H and O–H groups in total. The molecule has 1 amide bonds. The van der Waals surface area contributed by atoms with E-state index in [-0.39, 0.29) is 11.3 Å². The quantitative estimate of drug-likeness (QED) is 0.700. The number of nitrogen functional groups attached to an aromatic ring is 1. The molecule has 8 heteroatoms. The van der Waals surface area contributed by atoms with E-state index < -0.39 is 6.09 Å². The number of hydrogen-bond donors (Lipinski definition) is 3. The van der Waals surface area contributed by atoms with Crippen molar-refractivity contribution in [3.8, 4) is 0 Å². The summed E-state index contributed by atoms with van der Waals surface area (Å²) < 4.78 is 0. The van der Waals surface area contributed by atoms with E-state index in [9.17, 15) is 4.79 Å². The van der Waals surface area contributed by atoms with E-state index in [1.807, 2.05) is 0 Å². The van der Waals surface area contributed by atoms with Crippen LogP contribution in [0.3, 0.4) is 0 Å². The molecule has 1 saturated heterocycles. The van der Waals surface area contributed by atoms with Crippen LogP contribution in [0.4, 0.5) is 16.3 Å². The smallest absolute Gasteiger partial charge is 0.407 e. The lowest BCUT2D eigenvalue weighted by molar-refractivity contribution is 0.133. The predicted molar refractivity (Wildman–Crippen MR) is 67.7 cm³/mol. The molecule has 1 aliphatic heterocycles. The second-order valence-electron chi connectivity index (χ2n) is 4.16. The third-order valence-corrected chi connectivity index (χ3v) is 3.00. The molecule has 98 valence electrons. The van der Waals surface area contributed by atoms with Crippen molar-refractivity contribution in [2.75, 3.05) is 24.1 Å². The van der Waals surface area contributed by atoms with E-state index in [0.717, 1.165) is 12.8 Å². The molecule has 1 aliphatic rings. The zero-order valence-corrected chi connectivity index (χ0v) is 10.4. The predicted octanol–water partition coefficient (Wildman–Crippen LogP) is 1.27. The highest BCUT2D eigenvalue weighted by Gasteiger charge is 2.23. The van der Waals surface area contributed by atoms with E-state index >= 15 is 0 Å². The molecule has 1 aromatic rings. The minimum atomic E-state index is -0.907. The SMILES string of the molecule is Nc1cnc(Cl)nc1N[C@@H]1CCCN(C(=O)O)C1. The highest BCUT2D eigenvalue weighted by molar-refractivity contribution is 6.28. The van der Waals surface area contributed by atoms with Gasteiger partial charge < -0.3 is 21.1 Å². The zero-order chi connectivity index (χ0) is 13.1. The van der Waals surface area contributed by atoms with Crippen LogP contribution in [0.1, 0.15) is 12.8 Å². The Hall–Kier alpha value is -1.76. The minimum Gasteiger partial charge on any atom is -0.465 e. The van der Waals surface area contributed by atoms with Gasteiger partial charge in [0, 0.05) is 19.1 Å². The van der Waals surface area contributed by atoms with Gasteiger partial charge in [0.2, 0.25) is 5.28 Å². The lowest BCUT2D eigenvalue weighted by Gasteiger charge is -2.31. The van der Waals surface area contributed by atoms with E-state index in [1.165, 1.54) is 11.1 Å². The molecule has 1 atom stereocenters. The van der Waals surface area contributed by atoms with Gasteiger partial charge >= 0.3 is 6.09 Å². The Balaban J connectivity index is 2.04. The van der Waals surface area contributed by atoms with Crippen molar-refractivity contribution >= 4 is 29.2 Å². The summed E-state index contributed by atoms with van der Waals surface area (Å²) in [5.74, 6) is 0.451. The third kappa shape index (κ3) is 2.92. The van der Waals surface area contributed by atoms with E-state index in [0.29, 0.717) is 24.6 Å². The van der Waals surface area contributed by atoms with Crippen molar-refractivity contribution in [3.05, 3.63) is 11.5 Å². The number of aromatic nitrogens is 2. The number of carboxylic acid groups (broad SMARTS) is 1. The first-order valence-electron chi connectivity index (χ1n) is 5.58. The van der Waals surface area contributed by atoms with Crippen LogP contribution in [-0.4, -0.2) is 45.2 Å². The summed E-state index contributed by atoms with van der Waals surface area (Å²) >= 11 is 5.69. The number of rotatable bonds is 2. The Morgan fingerprint density at radius 3 is 3.17 bits per heavy atom. The molecule has 0 aliphatic carbocycles. The number of piperidine rings is 1. The molecule has 0 saturated carbocycles. The van der Waals surface area contributed by atoms with E-state index in [2.05, 4.69) is 15.3 Å². The first-order chi connectivity index (χ1) is 8.56.